The van der Waals surface area contributed by atoms with Crippen LogP contribution in [-0.2, 0) is 6.42 Å². The minimum Gasteiger partial charge on any atom is -0.460 e. The number of rotatable bonds is 3. The lowest BCUT2D eigenvalue weighted by molar-refractivity contribution is 0.0965. The molecule has 0 spiro atoms. The number of furan rings is 1. The SMILES string of the molecule is O=C(Cc1ccccc1Cl)c1occc1Br. The van der Waals surface area contributed by atoms with Gasteiger partial charge >= 0.3 is 0 Å². The zero-order valence-electron chi connectivity index (χ0n) is 8.24. The van der Waals surface area contributed by atoms with Crippen LogP contribution in [0.15, 0.2) is 45.5 Å². The third kappa shape index (κ3) is 2.36. The zero-order valence-corrected chi connectivity index (χ0v) is 10.6. The van der Waals surface area contributed by atoms with Crippen molar-refractivity contribution in [1.29, 1.82) is 0 Å². The molecule has 4 heteroatoms. The number of carbonyl (C=O) groups excluding carboxylic acids is 1. The van der Waals surface area contributed by atoms with Gasteiger partial charge in [-0.2, -0.15) is 0 Å². The molecule has 82 valence electrons. The third-order valence-corrected chi connectivity index (χ3v) is 3.17. The maximum absolute atomic E-state index is 11.9. The third-order valence-electron chi connectivity index (χ3n) is 2.18. The van der Waals surface area contributed by atoms with Crippen LogP contribution in [0.3, 0.4) is 0 Å². The van der Waals surface area contributed by atoms with Crippen molar-refractivity contribution in [3.05, 3.63) is 57.4 Å². The fourth-order valence-electron chi connectivity index (χ4n) is 1.39. The van der Waals surface area contributed by atoms with E-state index in [0.717, 1.165) is 5.56 Å². The van der Waals surface area contributed by atoms with Crippen molar-refractivity contribution in [3.63, 3.8) is 0 Å². The summed E-state index contributed by atoms with van der Waals surface area (Å²) in [4.78, 5) is 11.9. The molecule has 0 aliphatic carbocycles. The van der Waals surface area contributed by atoms with E-state index < -0.39 is 0 Å². The molecular formula is C12H8BrClO2. The molecule has 2 aromatic rings. The Kier molecular flexibility index (Phi) is 3.46. The molecule has 0 unspecified atom stereocenters. The molecule has 0 atom stereocenters. The van der Waals surface area contributed by atoms with Crippen LogP contribution in [0.25, 0.3) is 0 Å². The maximum Gasteiger partial charge on any atom is 0.203 e. The summed E-state index contributed by atoms with van der Waals surface area (Å²) in [6, 6.07) is 8.98. The van der Waals surface area contributed by atoms with E-state index in [4.69, 9.17) is 16.0 Å². The number of Topliss-reactive ketones (excluding diaryl/α,β-unsaturated/α-hetero) is 1. The minimum absolute atomic E-state index is 0.0926. The Bertz CT molecular complexity index is 519. The lowest BCUT2D eigenvalue weighted by Crippen LogP contribution is -2.03. The van der Waals surface area contributed by atoms with E-state index in [1.807, 2.05) is 18.2 Å². The lowest BCUT2D eigenvalue weighted by Gasteiger charge is -2.01. The fourth-order valence-corrected chi connectivity index (χ4v) is 2.01. The Morgan fingerprint density at radius 1 is 1.31 bits per heavy atom. The van der Waals surface area contributed by atoms with Crippen molar-refractivity contribution in [2.75, 3.05) is 0 Å². The quantitative estimate of drug-likeness (QED) is 0.798. The molecule has 0 aliphatic heterocycles. The van der Waals surface area contributed by atoms with Crippen LogP contribution in [0.2, 0.25) is 5.02 Å². The van der Waals surface area contributed by atoms with E-state index in [2.05, 4.69) is 15.9 Å². The molecule has 0 amide bonds. The van der Waals surface area contributed by atoms with Crippen LogP contribution >= 0.6 is 27.5 Å². The highest BCUT2D eigenvalue weighted by Gasteiger charge is 2.15. The Labute approximate surface area is 106 Å². The van der Waals surface area contributed by atoms with Crippen molar-refractivity contribution >= 4 is 33.3 Å². The second-order valence-electron chi connectivity index (χ2n) is 3.29. The van der Waals surface area contributed by atoms with Gasteiger partial charge in [-0.15, -0.1) is 0 Å². The first-order valence-corrected chi connectivity index (χ1v) is 5.85. The van der Waals surface area contributed by atoms with Crippen LogP contribution in [0.1, 0.15) is 16.1 Å². The Morgan fingerprint density at radius 2 is 2.06 bits per heavy atom. The summed E-state index contributed by atoms with van der Waals surface area (Å²) in [5.74, 6) is 0.241. The van der Waals surface area contributed by atoms with E-state index in [1.165, 1.54) is 6.26 Å². The number of ketones is 1. The highest BCUT2D eigenvalue weighted by molar-refractivity contribution is 9.10. The summed E-state index contributed by atoms with van der Waals surface area (Å²) < 4.78 is 5.77. The summed E-state index contributed by atoms with van der Waals surface area (Å²) in [5.41, 5.74) is 0.803. The first kappa shape index (κ1) is 11.4. The topological polar surface area (TPSA) is 30.2 Å². The van der Waals surface area contributed by atoms with Crippen molar-refractivity contribution in [3.8, 4) is 0 Å². The summed E-state index contributed by atoms with van der Waals surface area (Å²) in [5, 5.41) is 0.596. The van der Waals surface area contributed by atoms with Gasteiger partial charge in [0.2, 0.25) is 5.78 Å². The second-order valence-corrected chi connectivity index (χ2v) is 4.55. The molecule has 0 radical (unpaired) electrons. The smallest absolute Gasteiger partial charge is 0.203 e. The van der Waals surface area contributed by atoms with Gasteiger partial charge in [0.25, 0.3) is 0 Å². The maximum atomic E-state index is 11.9. The van der Waals surface area contributed by atoms with Gasteiger partial charge in [-0.25, -0.2) is 0 Å². The molecule has 0 fully saturated rings. The van der Waals surface area contributed by atoms with Crippen molar-refractivity contribution in [1.82, 2.24) is 0 Å². The Morgan fingerprint density at radius 3 is 2.69 bits per heavy atom. The van der Waals surface area contributed by atoms with Gasteiger partial charge in [0, 0.05) is 11.4 Å². The van der Waals surface area contributed by atoms with Gasteiger partial charge in [-0.05, 0) is 33.6 Å². The highest BCUT2D eigenvalue weighted by Crippen LogP contribution is 2.22. The molecule has 0 bridgehead atoms. The van der Waals surface area contributed by atoms with Crippen LogP contribution in [-0.4, -0.2) is 5.78 Å². The first-order chi connectivity index (χ1) is 7.68. The predicted octanol–water partition coefficient (Wildman–Crippen LogP) is 4.12. The van der Waals surface area contributed by atoms with Crippen LogP contribution in [0.5, 0.6) is 0 Å². The predicted molar refractivity (Wildman–Crippen MR) is 65.9 cm³/mol. The van der Waals surface area contributed by atoms with Crippen molar-refractivity contribution in [2.45, 2.75) is 6.42 Å². The molecule has 2 nitrogen and oxygen atoms in total. The molecule has 2 rings (SSSR count). The largest absolute Gasteiger partial charge is 0.460 e. The average Bonchev–Trinajstić information content (AvgIpc) is 2.68. The molecule has 1 aromatic heterocycles. The Hall–Kier alpha value is -1.06. The summed E-state index contributed by atoms with van der Waals surface area (Å²) in [6.45, 7) is 0. The molecule has 0 saturated carbocycles. The van der Waals surface area contributed by atoms with E-state index in [0.29, 0.717) is 15.3 Å². The van der Waals surface area contributed by atoms with Gasteiger partial charge in [0.05, 0.1) is 10.7 Å². The van der Waals surface area contributed by atoms with Crippen LogP contribution in [0.4, 0.5) is 0 Å². The molecule has 1 heterocycles. The van der Waals surface area contributed by atoms with Gasteiger partial charge < -0.3 is 4.42 Å². The normalized spacial score (nSPS) is 10.4. The summed E-state index contributed by atoms with van der Waals surface area (Å²) >= 11 is 9.23. The minimum atomic E-state index is -0.0926. The number of carbonyl (C=O) groups is 1. The van der Waals surface area contributed by atoms with Gasteiger partial charge in [-0.3, -0.25) is 4.79 Å². The molecule has 0 aliphatic rings. The van der Waals surface area contributed by atoms with E-state index in [1.54, 1.807) is 12.1 Å². The first-order valence-electron chi connectivity index (χ1n) is 4.68. The summed E-state index contributed by atoms with van der Waals surface area (Å²) in [6.07, 6.45) is 1.72. The Balaban J connectivity index is 2.21. The highest BCUT2D eigenvalue weighted by atomic mass is 79.9. The van der Waals surface area contributed by atoms with Gasteiger partial charge in [0.1, 0.15) is 0 Å². The van der Waals surface area contributed by atoms with Gasteiger partial charge in [0.15, 0.2) is 5.76 Å². The summed E-state index contributed by atoms with van der Waals surface area (Å²) in [7, 11) is 0. The van der Waals surface area contributed by atoms with E-state index >= 15 is 0 Å². The standard InChI is InChI=1S/C12H8BrClO2/c13-9-5-6-16-12(9)11(15)7-8-3-1-2-4-10(8)14/h1-6H,7H2. The van der Waals surface area contributed by atoms with Crippen LogP contribution < -0.4 is 0 Å². The van der Waals surface area contributed by atoms with Gasteiger partial charge in [-0.1, -0.05) is 29.8 Å². The molecular weight excluding hydrogens is 291 g/mol. The van der Waals surface area contributed by atoms with Crippen molar-refractivity contribution < 1.29 is 9.21 Å². The molecule has 0 N–H and O–H groups in total. The monoisotopic (exact) mass is 298 g/mol. The number of hydrogen-bond donors (Lipinski definition) is 0. The molecule has 0 saturated heterocycles. The zero-order chi connectivity index (χ0) is 11.5. The number of hydrogen-bond acceptors (Lipinski definition) is 2. The van der Waals surface area contributed by atoms with Crippen LogP contribution in [0, 0.1) is 0 Å². The number of benzene rings is 1. The lowest BCUT2D eigenvalue weighted by atomic mass is 10.1. The fraction of sp³-hybridized carbons (Fsp3) is 0.0833. The molecule has 16 heavy (non-hydrogen) atoms. The number of halogens is 2. The van der Waals surface area contributed by atoms with E-state index in [-0.39, 0.29) is 12.2 Å². The van der Waals surface area contributed by atoms with E-state index in [9.17, 15) is 4.79 Å². The second kappa shape index (κ2) is 4.85. The van der Waals surface area contributed by atoms with Crippen molar-refractivity contribution in [2.24, 2.45) is 0 Å². The average molecular weight is 300 g/mol. The molecule has 1 aromatic carbocycles.